The van der Waals surface area contributed by atoms with E-state index in [4.69, 9.17) is 21.1 Å². The third kappa shape index (κ3) is 3.56. The summed E-state index contributed by atoms with van der Waals surface area (Å²) in [7, 11) is 0. The Hall–Kier alpha value is -2.84. The van der Waals surface area contributed by atoms with Gasteiger partial charge < -0.3 is 19.9 Å². The van der Waals surface area contributed by atoms with Crippen LogP contribution in [0.5, 0.6) is 11.5 Å². The lowest BCUT2D eigenvalue weighted by Gasteiger charge is -2.24. The molecule has 0 saturated heterocycles. The van der Waals surface area contributed by atoms with Gasteiger partial charge in [-0.2, -0.15) is 0 Å². The first-order chi connectivity index (χ1) is 12.3. The number of aliphatic hydroxyl groups is 1. The molecule has 0 aromatic heterocycles. The molecule has 0 spiro atoms. The van der Waals surface area contributed by atoms with Crippen LogP contribution in [0.2, 0.25) is 5.02 Å². The number of nitrogens with zero attached hydrogens (tertiary/aromatic N) is 1. The van der Waals surface area contributed by atoms with E-state index in [1.807, 2.05) is 0 Å². The topological polar surface area (TPSA) is 111 Å². The molecule has 136 valence electrons. The zero-order valence-corrected chi connectivity index (χ0v) is 14.4. The minimum atomic E-state index is -1.43. The smallest absolute Gasteiger partial charge is 0.282 e. The zero-order chi connectivity index (χ0) is 18.9. The van der Waals surface area contributed by atoms with E-state index in [0.717, 1.165) is 6.07 Å². The van der Waals surface area contributed by atoms with E-state index in [1.165, 1.54) is 19.1 Å². The normalized spacial score (nSPS) is 14.6. The summed E-state index contributed by atoms with van der Waals surface area (Å²) in [4.78, 5) is 22.8. The number of nitro groups is 1. The third-order valence-electron chi connectivity index (χ3n) is 3.99. The number of fused-ring (bicyclic) bond motifs is 1. The standard InChI is InChI=1S/C17H15ClN2O6/c1-17(22,10-2-5-14-15(6-10)26-9-25-14)8-19-16(21)12-7-11(18)3-4-13(12)20(23)24/h2-7,22H,8-9H2,1H3,(H,19,21). The largest absolute Gasteiger partial charge is 0.454 e. The molecule has 2 aromatic carbocycles. The summed E-state index contributed by atoms with van der Waals surface area (Å²) in [6, 6.07) is 8.64. The summed E-state index contributed by atoms with van der Waals surface area (Å²) in [5.41, 5.74) is -1.47. The number of ether oxygens (including phenoxy) is 2. The predicted octanol–water partition coefficient (Wildman–Crippen LogP) is 2.61. The second-order valence-corrected chi connectivity index (χ2v) is 6.38. The van der Waals surface area contributed by atoms with Gasteiger partial charge in [-0.1, -0.05) is 17.7 Å². The molecule has 1 heterocycles. The van der Waals surface area contributed by atoms with E-state index in [-0.39, 0.29) is 29.6 Å². The van der Waals surface area contributed by atoms with Crippen molar-refractivity contribution in [2.45, 2.75) is 12.5 Å². The van der Waals surface area contributed by atoms with Crippen LogP contribution in [0.15, 0.2) is 36.4 Å². The van der Waals surface area contributed by atoms with Crippen molar-refractivity contribution in [3.8, 4) is 11.5 Å². The van der Waals surface area contributed by atoms with Crippen LogP contribution in [0, 0.1) is 10.1 Å². The van der Waals surface area contributed by atoms with Crippen molar-refractivity contribution in [3.63, 3.8) is 0 Å². The fraction of sp³-hybridized carbons (Fsp3) is 0.235. The molecule has 2 aromatic rings. The number of carbonyl (C=O) groups is 1. The number of hydrogen-bond donors (Lipinski definition) is 2. The van der Waals surface area contributed by atoms with Crippen LogP contribution < -0.4 is 14.8 Å². The summed E-state index contributed by atoms with van der Waals surface area (Å²) in [6.07, 6.45) is 0. The zero-order valence-electron chi connectivity index (χ0n) is 13.7. The number of amides is 1. The highest BCUT2D eigenvalue weighted by molar-refractivity contribution is 6.31. The minimum absolute atomic E-state index is 0.107. The first-order valence-electron chi connectivity index (χ1n) is 7.62. The molecular weight excluding hydrogens is 364 g/mol. The summed E-state index contributed by atoms with van der Waals surface area (Å²) in [5.74, 6) is 0.364. The lowest BCUT2D eigenvalue weighted by molar-refractivity contribution is -0.385. The second-order valence-electron chi connectivity index (χ2n) is 5.94. The molecule has 1 aliphatic rings. The van der Waals surface area contributed by atoms with Crippen LogP contribution in [-0.4, -0.2) is 29.3 Å². The SMILES string of the molecule is CC(O)(CNC(=O)c1cc(Cl)ccc1[N+](=O)[O-])c1ccc2c(c1)OCO2. The molecular formula is C17H15ClN2O6. The molecule has 0 aliphatic carbocycles. The molecule has 1 unspecified atom stereocenters. The maximum absolute atomic E-state index is 12.4. The van der Waals surface area contributed by atoms with Gasteiger partial charge in [0, 0.05) is 11.1 Å². The van der Waals surface area contributed by atoms with Crippen molar-refractivity contribution in [2.75, 3.05) is 13.3 Å². The van der Waals surface area contributed by atoms with Crippen molar-refractivity contribution < 1.29 is 24.3 Å². The molecule has 26 heavy (non-hydrogen) atoms. The van der Waals surface area contributed by atoms with Crippen LogP contribution in [0.4, 0.5) is 5.69 Å². The summed E-state index contributed by atoms with van der Waals surface area (Å²) in [6.45, 7) is 1.45. The van der Waals surface area contributed by atoms with E-state index < -0.39 is 16.4 Å². The lowest BCUT2D eigenvalue weighted by Crippen LogP contribution is -2.38. The highest BCUT2D eigenvalue weighted by Crippen LogP contribution is 2.35. The minimum Gasteiger partial charge on any atom is -0.454 e. The lowest BCUT2D eigenvalue weighted by atomic mass is 9.95. The molecule has 1 aliphatic heterocycles. The van der Waals surface area contributed by atoms with Crippen molar-refractivity contribution in [3.05, 3.63) is 62.7 Å². The van der Waals surface area contributed by atoms with Crippen molar-refractivity contribution >= 4 is 23.2 Å². The Morgan fingerprint density at radius 1 is 1.31 bits per heavy atom. The molecule has 8 nitrogen and oxygen atoms in total. The summed E-state index contributed by atoms with van der Waals surface area (Å²) in [5, 5.41) is 24.5. The van der Waals surface area contributed by atoms with Gasteiger partial charge in [0.15, 0.2) is 11.5 Å². The van der Waals surface area contributed by atoms with Gasteiger partial charge in [0.1, 0.15) is 11.2 Å². The fourth-order valence-electron chi connectivity index (χ4n) is 2.53. The van der Waals surface area contributed by atoms with Crippen molar-refractivity contribution in [1.29, 1.82) is 0 Å². The number of hydrogen-bond acceptors (Lipinski definition) is 6. The molecule has 9 heteroatoms. The Bertz CT molecular complexity index is 884. The quantitative estimate of drug-likeness (QED) is 0.611. The number of halogens is 1. The first-order valence-corrected chi connectivity index (χ1v) is 8.00. The van der Waals surface area contributed by atoms with E-state index in [2.05, 4.69) is 5.32 Å². The Balaban J connectivity index is 1.77. The van der Waals surface area contributed by atoms with E-state index >= 15 is 0 Å². The molecule has 0 saturated carbocycles. The molecule has 0 bridgehead atoms. The molecule has 3 rings (SSSR count). The average molecular weight is 379 g/mol. The predicted molar refractivity (Wildman–Crippen MR) is 92.6 cm³/mol. The average Bonchev–Trinajstić information content (AvgIpc) is 3.07. The van der Waals surface area contributed by atoms with Gasteiger partial charge in [-0.25, -0.2) is 0 Å². The van der Waals surface area contributed by atoms with Gasteiger partial charge in [-0.15, -0.1) is 0 Å². The maximum Gasteiger partial charge on any atom is 0.282 e. The summed E-state index contributed by atoms with van der Waals surface area (Å²) >= 11 is 5.83. The fourth-order valence-corrected chi connectivity index (χ4v) is 2.70. The maximum atomic E-state index is 12.4. The summed E-state index contributed by atoms with van der Waals surface area (Å²) < 4.78 is 10.5. The van der Waals surface area contributed by atoms with Crippen molar-refractivity contribution in [2.24, 2.45) is 0 Å². The number of nitro benzene ring substituents is 1. The molecule has 2 N–H and O–H groups in total. The monoisotopic (exact) mass is 378 g/mol. The van der Waals surface area contributed by atoms with E-state index in [9.17, 15) is 20.0 Å². The van der Waals surface area contributed by atoms with Crippen LogP contribution in [0.1, 0.15) is 22.8 Å². The number of nitrogens with one attached hydrogen (secondary N) is 1. The highest BCUT2D eigenvalue weighted by Gasteiger charge is 2.28. The number of rotatable bonds is 5. The van der Waals surface area contributed by atoms with Crippen LogP contribution in [0.3, 0.4) is 0 Å². The number of carbonyl (C=O) groups excluding carboxylic acids is 1. The second kappa shape index (κ2) is 6.81. The number of benzene rings is 2. The molecule has 1 amide bonds. The van der Waals surface area contributed by atoms with Gasteiger partial charge in [0.25, 0.3) is 11.6 Å². The highest BCUT2D eigenvalue weighted by atomic mass is 35.5. The van der Waals surface area contributed by atoms with Gasteiger partial charge >= 0.3 is 0 Å². The van der Waals surface area contributed by atoms with E-state index in [1.54, 1.807) is 18.2 Å². The van der Waals surface area contributed by atoms with Crippen LogP contribution in [-0.2, 0) is 5.60 Å². The molecule has 0 radical (unpaired) electrons. The first kappa shape index (κ1) is 18.0. The Morgan fingerprint density at radius 2 is 2.04 bits per heavy atom. The third-order valence-corrected chi connectivity index (χ3v) is 4.22. The molecule has 1 atom stereocenters. The van der Waals surface area contributed by atoms with E-state index in [0.29, 0.717) is 17.1 Å². The van der Waals surface area contributed by atoms with Crippen molar-refractivity contribution in [1.82, 2.24) is 5.32 Å². The van der Waals surface area contributed by atoms with Gasteiger partial charge in [-0.05, 0) is 36.8 Å². The Labute approximate surface area is 153 Å². The van der Waals surface area contributed by atoms with Gasteiger partial charge in [0.05, 0.1) is 11.5 Å². The van der Waals surface area contributed by atoms with Gasteiger partial charge in [0.2, 0.25) is 6.79 Å². The Morgan fingerprint density at radius 3 is 2.77 bits per heavy atom. The Kier molecular flexibility index (Phi) is 4.71. The van der Waals surface area contributed by atoms with Crippen LogP contribution in [0.25, 0.3) is 0 Å². The molecule has 0 fully saturated rings. The van der Waals surface area contributed by atoms with Gasteiger partial charge in [-0.3, -0.25) is 14.9 Å². The van der Waals surface area contributed by atoms with Crippen LogP contribution >= 0.6 is 11.6 Å².